The largest absolute Gasteiger partial charge is 0.493 e. The molecule has 1 unspecified atom stereocenters. The maximum Gasteiger partial charge on any atom is 0.161 e. The number of hydrogen-bond donors (Lipinski definition) is 0. The molecule has 4 aliphatic rings. The molecule has 0 radical (unpaired) electrons. The molecule has 5 rings (SSSR count). The van der Waals surface area contributed by atoms with Gasteiger partial charge < -0.3 is 14.4 Å². The van der Waals surface area contributed by atoms with Gasteiger partial charge in [0.2, 0.25) is 0 Å². The number of likely N-dealkylation sites (tertiary alicyclic amines) is 1. The number of fused-ring (bicyclic) bond motifs is 3. The van der Waals surface area contributed by atoms with Crippen LogP contribution in [0, 0.1) is 11.8 Å². The summed E-state index contributed by atoms with van der Waals surface area (Å²) < 4.78 is 11.0. The van der Waals surface area contributed by atoms with Gasteiger partial charge in [0.25, 0.3) is 0 Å². The van der Waals surface area contributed by atoms with E-state index in [1.165, 1.54) is 18.4 Å². The van der Waals surface area contributed by atoms with Gasteiger partial charge in [0.05, 0.1) is 14.2 Å². The van der Waals surface area contributed by atoms with Crippen LogP contribution in [-0.4, -0.2) is 44.5 Å². The first-order valence-corrected chi connectivity index (χ1v) is 9.07. The third kappa shape index (κ3) is 2.05. The third-order valence-electron chi connectivity index (χ3n) is 6.84. The van der Waals surface area contributed by atoms with E-state index in [4.69, 9.17) is 9.47 Å². The Hall–Kier alpha value is -1.55. The van der Waals surface area contributed by atoms with Crippen molar-refractivity contribution in [1.29, 1.82) is 0 Å². The van der Waals surface area contributed by atoms with Crippen molar-refractivity contribution >= 4 is 5.78 Å². The van der Waals surface area contributed by atoms with Crippen LogP contribution >= 0.6 is 0 Å². The van der Waals surface area contributed by atoms with Crippen LogP contribution < -0.4 is 9.47 Å². The van der Waals surface area contributed by atoms with Crippen molar-refractivity contribution in [2.45, 2.75) is 43.6 Å². The van der Waals surface area contributed by atoms with Crippen LogP contribution in [0.4, 0.5) is 0 Å². The molecule has 4 nitrogen and oxygen atoms in total. The highest BCUT2D eigenvalue weighted by Gasteiger charge is 2.60. The molecule has 4 heteroatoms. The van der Waals surface area contributed by atoms with Crippen molar-refractivity contribution in [3.8, 4) is 11.5 Å². The van der Waals surface area contributed by atoms with Crippen molar-refractivity contribution in [1.82, 2.24) is 4.90 Å². The Bertz CT molecular complexity index is 658. The average Bonchev–Trinajstić information content (AvgIpc) is 2.75. The molecule has 2 bridgehead atoms. The molecule has 1 aromatic rings. The maximum atomic E-state index is 12.7. The highest BCUT2D eigenvalue weighted by Crippen LogP contribution is 2.57. The topological polar surface area (TPSA) is 38.8 Å². The van der Waals surface area contributed by atoms with E-state index < -0.39 is 0 Å². The first-order chi connectivity index (χ1) is 11.6. The van der Waals surface area contributed by atoms with Crippen molar-refractivity contribution < 1.29 is 14.3 Å². The summed E-state index contributed by atoms with van der Waals surface area (Å²) in [7, 11) is 5.57. The van der Waals surface area contributed by atoms with E-state index in [-0.39, 0.29) is 11.3 Å². The fourth-order valence-electron chi connectivity index (χ4n) is 5.85. The van der Waals surface area contributed by atoms with Crippen molar-refractivity contribution in [3.05, 3.63) is 23.8 Å². The van der Waals surface area contributed by atoms with Gasteiger partial charge in [-0.1, -0.05) is 12.5 Å². The number of benzene rings is 1. The van der Waals surface area contributed by atoms with E-state index in [2.05, 4.69) is 24.1 Å². The fraction of sp³-hybridized carbons (Fsp3) is 0.650. The van der Waals surface area contributed by atoms with Gasteiger partial charge in [-0.3, -0.25) is 4.79 Å². The third-order valence-corrected chi connectivity index (χ3v) is 6.84. The van der Waals surface area contributed by atoms with Crippen molar-refractivity contribution in [3.63, 3.8) is 0 Å². The Morgan fingerprint density at radius 2 is 1.96 bits per heavy atom. The SMILES string of the molecule is COc1ccc([C@]23CCN(C)C2[C@H]2CCC[C@@H]3CC2=O)cc1OC. The van der Waals surface area contributed by atoms with E-state index in [0.29, 0.717) is 17.7 Å². The van der Waals surface area contributed by atoms with Crippen molar-refractivity contribution in [2.75, 3.05) is 27.8 Å². The number of carbonyl (C=O) groups is 1. The summed E-state index contributed by atoms with van der Waals surface area (Å²) in [6.07, 6.45) is 5.29. The van der Waals surface area contributed by atoms with Crippen LogP contribution in [0.15, 0.2) is 18.2 Å². The molecule has 4 fully saturated rings. The lowest BCUT2D eigenvalue weighted by molar-refractivity contribution is -0.130. The molecule has 1 aliphatic heterocycles. The normalized spacial score (nSPS) is 35.6. The van der Waals surface area contributed by atoms with Gasteiger partial charge in [-0.2, -0.15) is 0 Å². The zero-order valence-electron chi connectivity index (χ0n) is 14.9. The van der Waals surface area contributed by atoms with Crippen LogP contribution in [0.2, 0.25) is 0 Å². The predicted octanol–water partition coefficient (Wildman–Crippen LogP) is 3.03. The van der Waals surface area contributed by atoms with Gasteiger partial charge in [0.1, 0.15) is 5.78 Å². The zero-order chi connectivity index (χ0) is 16.9. The molecule has 1 saturated heterocycles. The minimum Gasteiger partial charge on any atom is -0.493 e. The summed E-state index contributed by atoms with van der Waals surface area (Å²) >= 11 is 0. The van der Waals surface area contributed by atoms with Gasteiger partial charge in [0.15, 0.2) is 11.5 Å². The molecule has 1 aromatic carbocycles. The molecule has 0 spiro atoms. The lowest BCUT2D eigenvalue weighted by atomic mass is 9.57. The molecule has 0 aromatic heterocycles. The number of Topliss-reactive ketones (excluding diaryl/α,β-unsaturated/α-hetero) is 1. The molecule has 24 heavy (non-hydrogen) atoms. The number of likely N-dealkylation sites (N-methyl/N-ethyl adjacent to an activating group) is 1. The van der Waals surface area contributed by atoms with Crippen LogP contribution in [0.1, 0.15) is 37.7 Å². The van der Waals surface area contributed by atoms with E-state index in [0.717, 1.165) is 37.3 Å². The molecule has 3 saturated carbocycles. The van der Waals surface area contributed by atoms with E-state index in [1.807, 2.05) is 6.07 Å². The Balaban J connectivity index is 1.86. The van der Waals surface area contributed by atoms with E-state index >= 15 is 0 Å². The van der Waals surface area contributed by atoms with Gasteiger partial charge in [-0.05, 0) is 56.5 Å². The Kier molecular flexibility index (Phi) is 3.83. The number of ketones is 1. The fourth-order valence-corrected chi connectivity index (χ4v) is 5.85. The second-order valence-corrected chi connectivity index (χ2v) is 7.69. The van der Waals surface area contributed by atoms with Crippen LogP contribution in [-0.2, 0) is 10.2 Å². The molecule has 0 N–H and O–H groups in total. The average molecular weight is 329 g/mol. The lowest BCUT2D eigenvalue weighted by Crippen LogP contribution is -2.55. The number of nitrogens with zero attached hydrogens (tertiary/aromatic N) is 1. The maximum absolute atomic E-state index is 12.7. The molecular formula is C20H27NO3. The minimum absolute atomic E-state index is 0.0867. The number of carbonyl (C=O) groups excluding carboxylic acids is 1. The second kappa shape index (κ2) is 5.76. The molecule has 4 atom stereocenters. The number of methoxy groups -OCH3 is 2. The lowest BCUT2D eigenvalue weighted by Gasteiger charge is -2.48. The predicted molar refractivity (Wildman–Crippen MR) is 92.7 cm³/mol. The first kappa shape index (κ1) is 15.9. The summed E-state index contributed by atoms with van der Waals surface area (Å²) in [6, 6.07) is 6.73. The second-order valence-electron chi connectivity index (χ2n) is 7.69. The summed E-state index contributed by atoms with van der Waals surface area (Å²) in [5.74, 6) is 2.72. The number of hydrogen-bond acceptors (Lipinski definition) is 4. The van der Waals surface area contributed by atoms with Gasteiger partial charge in [-0.15, -0.1) is 0 Å². The van der Waals surface area contributed by atoms with Crippen LogP contribution in [0.5, 0.6) is 11.5 Å². The molecule has 3 aliphatic carbocycles. The smallest absolute Gasteiger partial charge is 0.161 e. The standard InChI is InChI=1S/C20H27NO3/c1-21-10-9-20(14-7-8-17(23-2)18(12-14)24-3)13-5-4-6-15(19(20)21)16(22)11-13/h7-8,12-13,15,19H,4-6,9-11H2,1-3H3/t13-,15+,19?,20-/m1/s1. The summed E-state index contributed by atoms with van der Waals surface area (Å²) in [6.45, 7) is 1.07. The van der Waals surface area contributed by atoms with Gasteiger partial charge >= 0.3 is 0 Å². The number of rotatable bonds is 3. The monoisotopic (exact) mass is 329 g/mol. The van der Waals surface area contributed by atoms with Crippen molar-refractivity contribution in [2.24, 2.45) is 11.8 Å². The molecule has 0 amide bonds. The highest BCUT2D eigenvalue weighted by atomic mass is 16.5. The van der Waals surface area contributed by atoms with Gasteiger partial charge in [0, 0.05) is 23.8 Å². The Morgan fingerprint density at radius 1 is 1.17 bits per heavy atom. The summed E-state index contributed by atoms with van der Waals surface area (Å²) in [5.41, 5.74) is 1.42. The van der Waals surface area contributed by atoms with E-state index in [1.54, 1.807) is 14.2 Å². The van der Waals surface area contributed by atoms with Gasteiger partial charge in [-0.25, -0.2) is 0 Å². The summed E-state index contributed by atoms with van der Waals surface area (Å²) in [4.78, 5) is 15.1. The zero-order valence-corrected chi connectivity index (χ0v) is 14.9. The van der Waals surface area contributed by atoms with Crippen LogP contribution in [0.3, 0.4) is 0 Å². The Labute approximate surface area is 144 Å². The molecular weight excluding hydrogens is 302 g/mol. The van der Waals surface area contributed by atoms with Crippen LogP contribution in [0.25, 0.3) is 0 Å². The summed E-state index contributed by atoms with van der Waals surface area (Å²) in [5, 5.41) is 0. The Morgan fingerprint density at radius 3 is 2.71 bits per heavy atom. The number of ether oxygens (including phenoxy) is 2. The molecule has 1 heterocycles. The first-order valence-electron chi connectivity index (χ1n) is 9.07. The van der Waals surface area contributed by atoms with E-state index in [9.17, 15) is 4.79 Å². The quantitative estimate of drug-likeness (QED) is 0.854. The minimum atomic E-state index is 0.0867. The highest BCUT2D eigenvalue weighted by molar-refractivity contribution is 5.84. The molecule has 130 valence electrons.